The number of ether oxygens (including phenoxy) is 3. The molecular weight excluding hydrogens is 374 g/mol. The van der Waals surface area contributed by atoms with E-state index in [1.165, 1.54) is 0 Å². The van der Waals surface area contributed by atoms with Crippen molar-refractivity contribution in [1.29, 1.82) is 0 Å². The molecule has 0 saturated carbocycles. The van der Waals surface area contributed by atoms with Crippen molar-refractivity contribution in [3.8, 4) is 11.5 Å². The molecule has 2 aromatic carbocycles. The molecule has 2 atom stereocenters. The van der Waals surface area contributed by atoms with Crippen molar-refractivity contribution in [2.75, 3.05) is 26.3 Å². The number of carbonyl (C=O) groups excluding carboxylic acids is 1. The lowest BCUT2D eigenvalue weighted by Gasteiger charge is -2.37. The van der Waals surface area contributed by atoms with Crippen LogP contribution in [0.15, 0.2) is 48.5 Å². The first-order valence-corrected chi connectivity index (χ1v) is 9.59. The summed E-state index contributed by atoms with van der Waals surface area (Å²) in [4.78, 5) is 25.7. The predicted molar refractivity (Wildman–Crippen MR) is 106 cm³/mol. The zero-order chi connectivity index (χ0) is 20.8. The number of carbonyl (C=O) groups is 2. The summed E-state index contributed by atoms with van der Waals surface area (Å²) < 4.78 is 16.8. The van der Waals surface area contributed by atoms with Crippen molar-refractivity contribution >= 4 is 11.9 Å². The maximum absolute atomic E-state index is 13.1. The Labute approximate surface area is 169 Å². The molecule has 1 N–H and O–H groups in total. The van der Waals surface area contributed by atoms with Crippen molar-refractivity contribution in [1.82, 2.24) is 4.90 Å². The van der Waals surface area contributed by atoms with E-state index in [4.69, 9.17) is 19.3 Å². The summed E-state index contributed by atoms with van der Waals surface area (Å²) in [6.07, 6.45) is -0.282. The van der Waals surface area contributed by atoms with Crippen molar-refractivity contribution < 1.29 is 28.9 Å². The zero-order valence-electron chi connectivity index (χ0n) is 16.5. The van der Waals surface area contributed by atoms with Crippen molar-refractivity contribution in [3.05, 3.63) is 59.7 Å². The summed E-state index contributed by atoms with van der Waals surface area (Å²) in [5.74, 6) is -0.572. The molecule has 0 spiro atoms. The molecule has 0 bridgehead atoms. The van der Waals surface area contributed by atoms with Gasteiger partial charge < -0.3 is 24.2 Å². The normalized spacial score (nSPS) is 18.9. The lowest BCUT2D eigenvalue weighted by atomic mass is 10.1. The second-order valence-corrected chi connectivity index (χ2v) is 6.83. The molecule has 1 heterocycles. The van der Waals surface area contributed by atoms with Gasteiger partial charge in [0.2, 0.25) is 0 Å². The molecule has 1 aliphatic heterocycles. The Morgan fingerprint density at radius 2 is 1.86 bits per heavy atom. The molecule has 154 valence electrons. The van der Waals surface area contributed by atoms with Gasteiger partial charge in [-0.3, -0.25) is 4.79 Å². The highest BCUT2D eigenvalue weighted by Gasteiger charge is 2.30. The maximum atomic E-state index is 13.1. The highest BCUT2D eigenvalue weighted by Crippen LogP contribution is 2.31. The second kappa shape index (κ2) is 9.43. The van der Waals surface area contributed by atoms with E-state index in [1.54, 1.807) is 23.1 Å². The van der Waals surface area contributed by atoms with E-state index < -0.39 is 12.6 Å². The molecule has 29 heavy (non-hydrogen) atoms. The van der Waals surface area contributed by atoms with Gasteiger partial charge in [0, 0.05) is 12.1 Å². The summed E-state index contributed by atoms with van der Waals surface area (Å²) in [5, 5.41) is 8.81. The topological polar surface area (TPSA) is 85.3 Å². The Balaban J connectivity index is 1.79. The molecule has 1 fully saturated rings. The standard InChI is InChI=1S/C22H25NO6/c1-3-27-19-11-17(9-10-18(19)28-14-21(24)25)22(26)23-12-15(2)29-20(13-23)16-7-5-4-6-8-16/h4-11,15,20H,3,12-14H2,1-2H3,(H,24,25)/t15-,20+/m0/s1. The Kier molecular flexibility index (Phi) is 6.72. The largest absolute Gasteiger partial charge is 0.490 e. The first-order valence-electron chi connectivity index (χ1n) is 9.59. The lowest BCUT2D eigenvalue weighted by Crippen LogP contribution is -2.46. The fourth-order valence-electron chi connectivity index (χ4n) is 3.32. The summed E-state index contributed by atoms with van der Waals surface area (Å²) in [7, 11) is 0. The smallest absolute Gasteiger partial charge is 0.341 e. The van der Waals surface area contributed by atoms with E-state index in [0.29, 0.717) is 36.8 Å². The third-order valence-electron chi connectivity index (χ3n) is 4.56. The third-order valence-corrected chi connectivity index (χ3v) is 4.56. The average molecular weight is 399 g/mol. The van der Waals surface area contributed by atoms with E-state index in [-0.39, 0.29) is 18.1 Å². The molecule has 3 rings (SSSR count). The van der Waals surface area contributed by atoms with Crippen molar-refractivity contribution in [2.45, 2.75) is 26.1 Å². The van der Waals surface area contributed by atoms with Crippen LogP contribution in [0, 0.1) is 0 Å². The third kappa shape index (κ3) is 5.26. The van der Waals surface area contributed by atoms with Crippen LogP contribution in [0.2, 0.25) is 0 Å². The number of hydrogen-bond acceptors (Lipinski definition) is 5. The van der Waals surface area contributed by atoms with Crippen LogP contribution >= 0.6 is 0 Å². The highest BCUT2D eigenvalue weighted by molar-refractivity contribution is 5.95. The van der Waals surface area contributed by atoms with Crippen molar-refractivity contribution in [2.24, 2.45) is 0 Å². The minimum atomic E-state index is -1.08. The molecular formula is C22H25NO6. The molecule has 1 amide bonds. The molecule has 2 aromatic rings. The number of morpholine rings is 1. The molecule has 0 radical (unpaired) electrons. The van der Waals surface area contributed by atoms with Gasteiger partial charge in [-0.1, -0.05) is 30.3 Å². The molecule has 1 aliphatic rings. The number of carboxylic acids is 1. The van der Waals surface area contributed by atoms with Crippen LogP contribution in [0.4, 0.5) is 0 Å². The fraction of sp³-hybridized carbons (Fsp3) is 0.364. The van der Waals surface area contributed by atoms with Gasteiger partial charge in [0.15, 0.2) is 18.1 Å². The average Bonchev–Trinajstić information content (AvgIpc) is 2.72. The monoisotopic (exact) mass is 399 g/mol. The Morgan fingerprint density at radius 1 is 1.10 bits per heavy atom. The minimum absolute atomic E-state index is 0.0950. The van der Waals surface area contributed by atoms with E-state index in [9.17, 15) is 9.59 Å². The van der Waals surface area contributed by atoms with E-state index in [2.05, 4.69) is 0 Å². The fourth-order valence-corrected chi connectivity index (χ4v) is 3.32. The van der Waals surface area contributed by atoms with Crippen molar-refractivity contribution in [3.63, 3.8) is 0 Å². The zero-order valence-corrected chi connectivity index (χ0v) is 16.5. The van der Waals surface area contributed by atoms with Crippen LogP contribution in [0.25, 0.3) is 0 Å². The minimum Gasteiger partial charge on any atom is -0.490 e. The molecule has 7 heteroatoms. The van der Waals surface area contributed by atoms with Gasteiger partial charge in [-0.2, -0.15) is 0 Å². The maximum Gasteiger partial charge on any atom is 0.341 e. The van der Waals surface area contributed by atoms with Gasteiger partial charge in [-0.25, -0.2) is 4.79 Å². The Hall–Kier alpha value is -3.06. The number of amides is 1. The van der Waals surface area contributed by atoms with Crippen LogP contribution in [-0.2, 0) is 9.53 Å². The summed E-state index contributed by atoms with van der Waals surface area (Å²) >= 11 is 0. The molecule has 1 saturated heterocycles. The number of hydrogen-bond donors (Lipinski definition) is 1. The van der Waals surface area contributed by atoms with Crippen LogP contribution in [0.3, 0.4) is 0 Å². The lowest BCUT2D eigenvalue weighted by molar-refractivity contribution is -0.139. The summed E-state index contributed by atoms with van der Waals surface area (Å²) in [5.41, 5.74) is 1.49. The first kappa shape index (κ1) is 20.7. The molecule has 0 aromatic heterocycles. The Bertz CT molecular complexity index is 854. The number of rotatable bonds is 7. The van der Waals surface area contributed by atoms with Gasteiger partial charge >= 0.3 is 5.97 Å². The Morgan fingerprint density at radius 3 is 2.55 bits per heavy atom. The molecule has 7 nitrogen and oxygen atoms in total. The molecule has 0 aliphatic carbocycles. The summed E-state index contributed by atoms with van der Waals surface area (Å²) in [6, 6.07) is 14.6. The van der Waals surface area contributed by atoms with Crippen LogP contribution in [-0.4, -0.2) is 54.3 Å². The van der Waals surface area contributed by atoms with Crippen LogP contribution < -0.4 is 9.47 Å². The first-order chi connectivity index (χ1) is 14.0. The van der Waals surface area contributed by atoms with E-state index in [0.717, 1.165) is 5.56 Å². The van der Waals surface area contributed by atoms with Gasteiger partial charge in [0.25, 0.3) is 5.91 Å². The van der Waals surface area contributed by atoms with Gasteiger partial charge in [-0.05, 0) is 37.6 Å². The highest BCUT2D eigenvalue weighted by atomic mass is 16.5. The van der Waals surface area contributed by atoms with Crippen LogP contribution in [0.1, 0.15) is 35.9 Å². The van der Waals surface area contributed by atoms with Gasteiger partial charge in [-0.15, -0.1) is 0 Å². The van der Waals surface area contributed by atoms with Gasteiger partial charge in [0.05, 0.1) is 19.3 Å². The van der Waals surface area contributed by atoms with E-state index in [1.807, 2.05) is 44.2 Å². The van der Waals surface area contributed by atoms with Gasteiger partial charge in [0.1, 0.15) is 6.10 Å². The van der Waals surface area contributed by atoms with Crippen LogP contribution in [0.5, 0.6) is 11.5 Å². The number of aliphatic carboxylic acids is 1. The quantitative estimate of drug-likeness (QED) is 0.770. The molecule has 0 unspecified atom stereocenters. The second-order valence-electron chi connectivity index (χ2n) is 6.83. The number of benzene rings is 2. The number of nitrogens with zero attached hydrogens (tertiary/aromatic N) is 1. The van der Waals surface area contributed by atoms with E-state index >= 15 is 0 Å². The predicted octanol–water partition coefficient (Wildman–Crippen LogP) is 3.15. The number of carboxylic acid groups (broad SMARTS) is 1. The SMILES string of the molecule is CCOc1cc(C(=O)N2C[C@H](C)O[C@@H](c3ccccc3)C2)ccc1OCC(=O)O. The summed E-state index contributed by atoms with van der Waals surface area (Å²) in [6.45, 7) is 4.59.